The van der Waals surface area contributed by atoms with Gasteiger partial charge in [-0.05, 0) is 37.1 Å². The highest BCUT2D eigenvalue weighted by atomic mass is 16.5. The first-order valence-corrected chi connectivity index (χ1v) is 4.93. The molecule has 0 spiro atoms. The lowest BCUT2D eigenvalue weighted by Crippen LogP contribution is -2.28. The summed E-state index contributed by atoms with van der Waals surface area (Å²) >= 11 is 0. The molecule has 3 heteroatoms. The minimum atomic E-state index is -0.364. The van der Waals surface area contributed by atoms with Crippen molar-refractivity contribution in [3.05, 3.63) is 29.3 Å². The summed E-state index contributed by atoms with van der Waals surface area (Å²) in [6, 6.07) is 5.96. The maximum Gasteiger partial charge on any atom is 0.119 e. The van der Waals surface area contributed by atoms with Gasteiger partial charge in [0.2, 0.25) is 0 Å². The average molecular weight is 209 g/mol. The maximum atomic E-state index is 6.05. The molecule has 0 heterocycles. The first-order valence-electron chi connectivity index (χ1n) is 4.93. The van der Waals surface area contributed by atoms with Crippen molar-refractivity contribution >= 4 is 0 Å². The molecule has 1 aromatic carbocycles. The molecule has 0 atom stereocenters. The van der Waals surface area contributed by atoms with E-state index in [1.807, 2.05) is 32.0 Å². The Kier molecular flexibility index (Phi) is 3.72. The van der Waals surface area contributed by atoms with Crippen LogP contribution in [0.3, 0.4) is 0 Å². The molecular formula is C12H19NO2. The molecule has 0 bridgehead atoms. The standard InChI is InChI=1S/C12H19NO2/c1-12(2,13)10-5-9(8-14-3)6-11(7-10)15-4/h5-7H,8,13H2,1-4H3. The van der Waals surface area contributed by atoms with Gasteiger partial charge in [0.15, 0.2) is 0 Å². The minimum Gasteiger partial charge on any atom is -0.497 e. The van der Waals surface area contributed by atoms with E-state index < -0.39 is 0 Å². The van der Waals surface area contributed by atoms with Crippen LogP contribution in [0.1, 0.15) is 25.0 Å². The van der Waals surface area contributed by atoms with E-state index >= 15 is 0 Å². The monoisotopic (exact) mass is 209 g/mol. The molecule has 0 fully saturated rings. The van der Waals surface area contributed by atoms with Crippen molar-refractivity contribution in [3.8, 4) is 5.75 Å². The van der Waals surface area contributed by atoms with Gasteiger partial charge in [0.05, 0.1) is 13.7 Å². The zero-order valence-corrected chi connectivity index (χ0v) is 9.83. The van der Waals surface area contributed by atoms with Crippen molar-refractivity contribution in [3.63, 3.8) is 0 Å². The van der Waals surface area contributed by atoms with Crippen LogP contribution in [-0.2, 0) is 16.9 Å². The lowest BCUT2D eigenvalue weighted by molar-refractivity contribution is 0.184. The van der Waals surface area contributed by atoms with Crippen LogP contribution in [0.15, 0.2) is 18.2 Å². The maximum absolute atomic E-state index is 6.05. The molecule has 84 valence electrons. The molecule has 0 amide bonds. The van der Waals surface area contributed by atoms with Gasteiger partial charge in [0.25, 0.3) is 0 Å². The molecule has 1 aromatic rings. The third-order valence-corrected chi connectivity index (χ3v) is 2.26. The molecule has 0 radical (unpaired) electrons. The van der Waals surface area contributed by atoms with E-state index in [0.717, 1.165) is 16.9 Å². The third-order valence-electron chi connectivity index (χ3n) is 2.26. The van der Waals surface area contributed by atoms with E-state index in [-0.39, 0.29) is 5.54 Å². The van der Waals surface area contributed by atoms with Gasteiger partial charge in [0.1, 0.15) is 5.75 Å². The Bertz CT molecular complexity index is 329. The quantitative estimate of drug-likeness (QED) is 0.825. The Hall–Kier alpha value is -1.06. The van der Waals surface area contributed by atoms with E-state index in [4.69, 9.17) is 15.2 Å². The van der Waals surface area contributed by atoms with E-state index in [2.05, 4.69) is 0 Å². The molecule has 3 nitrogen and oxygen atoms in total. The zero-order valence-electron chi connectivity index (χ0n) is 9.83. The lowest BCUT2D eigenvalue weighted by Gasteiger charge is -2.21. The van der Waals surface area contributed by atoms with Crippen LogP contribution in [0, 0.1) is 0 Å². The van der Waals surface area contributed by atoms with Gasteiger partial charge in [-0.3, -0.25) is 0 Å². The highest BCUT2D eigenvalue weighted by Gasteiger charge is 2.15. The molecule has 0 aliphatic rings. The summed E-state index contributed by atoms with van der Waals surface area (Å²) in [5.74, 6) is 0.818. The number of methoxy groups -OCH3 is 2. The Morgan fingerprint density at radius 2 is 1.87 bits per heavy atom. The van der Waals surface area contributed by atoms with Gasteiger partial charge in [-0.25, -0.2) is 0 Å². The number of rotatable bonds is 4. The van der Waals surface area contributed by atoms with Crippen LogP contribution in [0.4, 0.5) is 0 Å². The number of benzene rings is 1. The van der Waals surface area contributed by atoms with Gasteiger partial charge in [-0.1, -0.05) is 6.07 Å². The van der Waals surface area contributed by atoms with Crippen LogP contribution < -0.4 is 10.5 Å². The van der Waals surface area contributed by atoms with Crippen molar-refractivity contribution in [1.29, 1.82) is 0 Å². The van der Waals surface area contributed by atoms with E-state index in [0.29, 0.717) is 6.61 Å². The van der Waals surface area contributed by atoms with Crippen molar-refractivity contribution in [2.24, 2.45) is 5.73 Å². The number of hydrogen-bond donors (Lipinski definition) is 1. The molecular weight excluding hydrogens is 190 g/mol. The zero-order chi connectivity index (χ0) is 11.5. The Morgan fingerprint density at radius 1 is 1.20 bits per heavy atom. The van der Waals surface area contributed by atoms with Crippen LogP contribution in [0.2, 0.25) is 0 Å². The number of hydrogen-bond acceptors (Lipinski definition) is 3. The second-order valence-electron chi connectivity index (χ2n) is 4.22. The van der Waals surface area contributed by atoms with Gasteiger partial charge in [0, 0.05) is 12.6 Å². The predicted molar refractivity (Wildman–Crippen MR) is 60.9 cm³/mol. The molecule has 0 aromatic heterocycles. The first kappa shape index (κ1) is 12.0. The van der Waals surface area contributed by atoms with Crippen molar-refractivity contribution < 1.29 is 9.47 Å². The van der Waals surface area contributed by atoms with Gasteiger partial charge in [-0.15, -0.1) is 0 Å². The highest BCUT2D eigenvalue weighted by molar-refractivity contribution is 5.37. The normalized spacial score (nSPS) is 11.5. The van der Waals surface area contributed by atoms with Crippen LogP contribution >= 0.6 is 0 Å². The molecule has 15 heavy (non-hydrogen) atoms. The van der Waals surface area contributed by atoms with Crippen molar-refractivity contribution in [1.82, 2.24) is 0 Å². The number of ether oxygens (including phenoxy) is 2. The fraction of sp³-hybridized carbons (Fsp3) is 0.500. The molecule has 1 rings (SSSR count). The van der Waals surface area contributed by atoms with E-state index in [1.165, 1.54) is 0 Å². The van der Waals surface area contributed by atoms with Crippen molar-refractivity contribution in [2.45, 2.75) is 26.0 Å². The van der Waals surface area contributed by atoms with E-state index in [1.54, 1.807) is 14.2 Å². The summed E-state index contributed by atoms with van der Waals surface area (Å²) in [5.41, 5.74) is 7.81. The summed E-state index contributed by atoms with van der Waals surface area (Å²) < 4.78 is 10.3. The summed E-state index contributed by atoms with van der Waals surface area (Å²) in [6.07, 6.45) is 0. The Morgan fingerprint density at radius 3 is 2.33 bits per heavy atom. The fourth-order valence-corrected chi connectivity index (χ4v) is 1.40. The second kappa shape index (κ2) is 4.64. The summed E-state index contributed by atoms with van der Waals surface area (Å²) in [6.45, 7) is 4.51. The second-order valence-corrected chi connectivity index (χ2v) is 4.22. The summed E-state index contributed by atoms with van der Waals surface area (Å²) in [7, 11) is 3.33. The van der Waals surface area contributed by atoms with Crippen LogP contribution in [0.25, 0.3) is 0 Å². The van der Waals surface area contributed by atoms with Gasteiger partial charge < -0.3 is 15.2 Å². The smallest absolute Gasteiger partial charge is 0.119 e. The number of nitrogens with two attached hydrogens (primary N) is 1. The largest absolute Gasteiger partial charge is 0.497 e. The molecule has 0 unspecified atom stereocenters. The lowest BCUT2D eigenvalue weighted by atomic mass is 9.94. The first-order chi connectivity index (χ1) is 6.97. The van der Waals surface area contributed by atoms with Gasteiger partial charge in [-0.2, -0.15) is 0 Å². The minimum absolute atomic E-state index is 0.364. The highest BCUT2D eigenvalue weighted by Crippen LogP contribution is 2.24. The SMILES string of the molecule is COCc1cc(OC)cc(C(C)(C)N)c1. The van der Waals surface area contributed by atoms with Gasteiger partial charge >= 0.3 is 0 Å². The molecule has 0 saturated carbocycles. The van der Waals surface area contributed by atoms with Crippen LogP contribution in [-0.4, -0.2) is 14.2 Å². The van der Waals surface area contributed by atoms with Crippen LogP contribution in [0.5, 0.6) is 5.75 Å². The van der Waals surface area contributed by atoms with E-state index in [9.17, 15) is 0 Å². The Balaban J connectivity index is 3.11. The summed E-state index contributed by atoms with van der Waals surface area (Å²) in [5, 5.41) is 0. The fourth-order valence-electron chi connectivity index (χ4n) is 1.40. The van der Waals surface area contributed by atoms with Crippen molar-refractivity contribution in [2.75, 3.05) is 14.2 Å². The Labute approximate surface area is 91.2 Å². The molecule has 0 aliphatic heterocycles. The molecule has 0 aliphatic carbocycles. The topological polar surface area (TPSA) is 44.5 Å². The third kappa shape index (κ3) is 3.22. The average Bonchev–Trinajstić information content (AvgIpc) is 2.16. The molecule has 2 N–H and O–H groups in total. The molecule has 0 saturated heterocycles. The summed E-state index contributed by atoms with van der Waals surface area (Å²) in [4.78, 5) is 0. The predicted octanol–water partition coefficient (Wildman–Crippen LogP) is 2.04.